The Morgan fingerprint density at radius 2 is 1.85 bits per heavy atom. The van der Waals surface area contributed by atoms with Crippen LogP contribution in [0.1, 0.15) is 19.8 Å². The molecule has 7 nitrogen and oxygen atoms in total. The van der Waals surface area contributed by atoms with Gasteiger partial charge >= 0.3 is 0 Å². The lowest BCUT2D eigenvalue weighted by Gasteiger charge is -2.34. The van der Waals surface area contributed by atoms with Crippen LogP contribution in [0.5, 0.6) is 0 Å². The Morgan fingerprint density at radius 3 is 2.35 bits per heavy atom. The van der Waals surface area contributed by atoms with Crippen molar-refractivity contribution in [2.75, 3.05) is 37.8 Å². The van der Waals surface area contributed by atoms with Crippen molar-refractivity contribution in [3.05, 3.63) is 36.0 Å². The molecule has 1 saturated heterocycles. The number of carbonyl (C=O) groups is 2. The van der Waals surface area contributed by atoms with E-state index in [9.17, 15) is 14.9 Å². The summed E-state index contributed by atoms with van der Waals surface area (Å²) in [5, 5.41) is 9.48. The van der Waals surface area contributed by atoms with Crippen molar-refractivity contribution in [2.24, 2.45) is 0 Å². The van der Waals surface area contributed by atoms with Gasteiger partial charge in [0, 0.05) is 31.9 Å². The number of likely N-dealkylation sites (tertiary alicyclic amines) is 1. The van der Waals surface area contributed by atoms with Crippen molar-refractivity contribution in [3.63, 3.8) is 0 Å². The molecule has 1 aliphatic heterocycles. The molecule has 1 fully saturated rings. The van der Waals surface area contributed by atoms with Gasteiger partial charge in [-0.3, -0.25) is 9.59 Å². The molecular formula is C19H25N5O2. The molecule has 1 aromatic carbocycles. The predicted molar refractivity (Wildman–Crippen MR) is 101 cm³/mol. The number of benzene rings is 1. The maximum Gasteiger partial charge on any atom is 0.277 e. The number of nitrogen functional groups attached to an aromatic ring is 1. The number of nitrogens with two attached hydrogens (primary N) is 1. The van der Waals surface area contributed by atoms with Crippen molar-refractivity contribution >= 4 is 23.2 Å². The number of nitriles is 1. The Hall–Kier alpha value is -2.85. The van der Waals surface area contributed by atoms with Gasteiger partial charge in [-0.25, -0.2) is 4.90 Å². The summed E-state index contributed by atoms with van der Waals surface area (Å²) in [6.07, 6.45) is 3.47. The topological polar surface area (TPSA) is 93.7 Å². The summed E-state index contributed by atoms with van der Waals surface area (Å²) in [7, 11) is 3.94. The van der Waals surface area contributed by atoms with E-state index in [0.29, 0.717) is 11.4 Å². The molecule has 0 radical (unpaired) electrons. The van der Waals surface area contributed by atoms with E-state index in [0.717, 1.165) is 30.8 Å². The largest absolute Gasteiger partial charge is 0.399 e. The van der Waals surface area contributed by atoms with Crippen molar-refractivity contribution in [2.45, 2.75) is 25.8 Å². The average molecular weight is 355 g/mol. The number of carbonyl (C=O) groups excluding carboxylic acids is 2. The molecule has 2 rings (SSSR count). The highest BCUT2D eigenvalue weighted by molar-refractivity contribution is 6.21. The number of nitrogens with zero attached hydrogens (tertiary/aromatic N) is 4. The maximum absolute atomic E-state index is 12.8. The minimum atomic E-state index is -0.635. The molecule has 2 N–H and O–H groups in total. The Labute approximate surface area is 154 Å². The lowest BCUT2D eigenvalue weighted by atomic mass is 10.0. The summed E-state index contributed by atoms with van der Waals surface area (Å²) < 4.78 is 0. The predicted octanol–water partition coefficient (Wildman–Crippen LogP) is 1.58. The third kappa shape index (κ3) is 4.61. The van der Waals surface area contributed by atoms with E-state index in [1.165, 1.54) is 6.92 Å². The molecule has 0 bridgehead atoms. The molecule has 1 aliphatic rings. The van der Waals surface area contributed by atoms with Gasteiger partial charge < -0.3 is 15.5 Å². The molecule has 2 amide bonds. The van der Waals surface area contributed by atoms with Crippen molar-refractivity contribution in [1.29, 1.82) is 5.26 Å². The Bertz CT molecular complexity index is 727. The normalized spacial score (nSPS) is 16.0. The summed E-state index contributed by atoms with van der Waals surface area (Å²) >= 11 is 0. The lowest BCUT2D eigenvalue weighted by Crippen LogP contribution is -2.41. The van der Waals surface area contributed by atoms with Gasteiger partial charge in [0.2, 0.25) is 5.91 Å². The number of rotatable bonds is 4. The average Bonchev–Trinajstić information content (AvgIpc) is 2.61. The summed E-state index contributed by atoms with van der Waals surface area (Å²) in [6, 6.07) is 8.60. The van der Waals surface area contributed by atoms with E-state index in [2.05, 4.69) is 11.9 Å². The zero-order chi connectivity index (χ0) is 19.3. The molecule has 138 valence electrons. The molecule has 1 aromatic rings. The van der Waals surface area contributed by atoms with Gasteiger partial charge in [-0.1, -0.05) is 0 Å². The fourth-order valence-corrected chi connectivity index (χ4v) is 3.03. The van der Waals surface area contributed by atoms with Gasteiger partial charge in [0.15, 0.2) is 0 Å². The molecule has 0 spiro atoms. The molecule has 0 atom stereocenters. The van der Waals surface area contributed by atoms with Gasteiger partial charge in [0.25, 0.3) is 5.91 Å². The van der Waals surface area contributed by atoms with Crippen LogP contribution in [0.4, 0.5) is 11.4 Å². The van der Waals surface area contributed by atoms with Crippen LogP contribution in [-0.2, 0) is 9.59 Å². The highest BCUT2D eigenvalue weighted by Gasteiger charge is 2.26. The smallest absolute Gasteiger partial charge is 0.277 e. The standard InChI is InChI=1S/C19H25N5O2/c1-14(25)24(18-6-4-16(21)5-7-18)19(26)15(12-20)13-23(3)17-8-10-22(2)11-9-17/h4-7,13,17H,8-11,21H2,1-3H3/b15-13-. The van der Waals surface area contributed by atoms with E-state index in [-0.39, 0.29) is 11.6 Å². The fraction of sp³-hybridized carbons (Fsp3) is 0.421. The SMILES string of the molecule is CC(=O)N(C(=O)/C(C#N)=C\N(C)C1CCN(C)CC1)c1ccc(N)cc1. The van der Waals surface area contributed by atoms with Crippen LogP contribution in [0, 0.1) is 11.3 Å². The van der Waals surface area contributed by atoms with E-state index >= 15 is 0 Å². The second kappa shape index (κ2) is 8.50. The highest BCUT2D eigenvalue weighted by Crippen LogP contribution is 2.20. The van der Waals surface area contributed by atoms with E-state index in [4.69, 9.17) is 5.73 Å². The van der Waals surface area contributed by atoms with E-state index in [1.54, 1.807) is 30.5 Å². The van der Waals surface area contributed by atoms with Crippen LogP contribution in [0.3, 0.4) is 0 Å². The first-order valence-corrected chi connectivity index (χ1v) is 8.56. The van der Waals surface area contributed by atoms with Gasteiger partial charge in [-0.15, -0.1) is 0 Å². The quantitative estimate of drug-likeness (QED) is 0.501. The van der Waals surface area contributed by atoms with Gasteiger partial charge in [0.05, 0.1) is 5.69 Å². The minimum Gasteiger partial charge on any atom is -0.399 e. The zero-order valence-corrected chi connectivity index (χ0v) is 15.5. The molecule has 0 saturated carbocycles. The first-order valence-electron chi connectivity index (χ1n) is 8.56. The monoisotopic (exact) mass is 355 g/mol. The first-order chi connectivity index (χ1) is 12.3. The number of hydrogen-bond acceptors (Lipinski definition) is 6. The molecule has 7 heteroatoms. The van der Waals surface area contributed by atoms with Crippen molar-refractivity contribution in [3.8, 4) is 6.07 Å². The third-order valence-corrected chi connectivity index (χ3v) is 4.62. The fourth-order valence-electron chi connectivity index (χ4n) is 3.03. The lowest BCUT2D eigenvalue weighted by molar-refractivity contribution is -0.123. The summed E-state index contributed by atoms with van der Waals surface area (Å²) in [4.78, 5) is 30.0. The molecule has 0 aliphatic carbocycles. The number of imide groups is 1. The van der Waals surface area contributed by atoms with Gasteiger partial charge in [-0.05, 0) is 57.2 Å². The molecule has 26 heavy (non-hydrogen) atoms. The third-order valence-electron chi connectivity index (χ3n) is 4.62. The second-order valence-electron chi connectivity index (χ2n) is 6.61. The molecular weight excluding hydrogens is 330 g/mol. The van der Waals surface area contributed by atoms with Crippen LogP contribution >= 0.6 is 0 Å². The zero-order valence-electron chi connectivity index (χ0n) is 15.5. The Morgan fingerprint density at radius 1 is 1.27 bits per heavy atom. The Kier molecular flexibility index (Phi) is 6.36. The van der Waals surface area contributed by atoms with Crippen LogP contribution in [0.2, 0.25) is 0 Å². The number of hydrogen-bond donors (Lipinski definition) is 1. The first kappa shape index (κ1) is 19.5. The second-order valence-corrected chi connectivity index (χ2v) is 6.61. The number of piperidine rings is 1. The maximum atomic E-state index is 12.8. The minimum absolute atomic E-state index is 0.0709. The summed E-state index contributed by atoms with van der Waals surface area (Å²) in [5.74, 6) is -1.09. The summed E-state index contributed by atoms with van der Waals surface area (Å²) in [6.45, 7) is 3.25. The highest BCUT2D eigenvalue weighted by atomic mass is 16.2. The van der Waals surface area contributed by atoms with Crippen molar-refractivity contribution < 1.29 is 9.59 Å². The summed E-state index contributed by atoms with van der Waals surface area (Å²) in [5.41, 5.74) is 6.51. The van der Waals surface area contributed by atoms with Gasteiger partial charge in [0.1, 0.15) is 11.6 Å². The van der Waals surface area contributed by atoms with E-state index < -0.39 is 11.8 Å². The van der Waals surface area contributed by atoms with Gasteiger partial charge in [-0.2, -0.15) is 5.26 Å². The Balaban J connectivity index is 2.23. The van der Waals surface area contributed by atoms with Crippen LogP contribution in [-0.4, -0.2) is 54.8 Å². The number of amides is 2. The molecule has 1 heterocycles. The molecule has 0 aromatic heterocycles. The molecule has 0 unspecified atom stereocenters. The van der Waals surface area contributed by atoms with Crippen molar-refractivity contribution in [1.82, 2.24) is 9.80 Å². The van der Waals surface area contributed by atoms with Crippen LogP contribution in [0.25, 0.3) is 0 Å². The van der Waals surface area contributed by atoms with Crippen LogP contribution < -0.4 is 10.6 Å². The van der Waals surface area contributed by atoms with E-state index in [1.807, 2.05) is 18.0 Å². The number of anilines is 2. The van der Waals surface area contributed by atoms with Crippen LogP contribution in [0.15, 0.2) is 36.0 Å².